The zero-order valence-corrected chi connectivity index (χ0v) is 10.3. The minimum atomic E-state index is -1.04. The number of hydrogen-bond acceptors (Lipinski definition) is 0. The molecule has 0 atom stereocenters. The Balaban J connectivity index is 3.82. The van der Waals surface area contributed by atoms with Crippen molar-refractivity contribution in [2.75, 3.05) is 0 Å². The summed E-state index contributed by atoms with van der Waals surface area (Å²) in [5, 5.41) is 0. The Bertz CT molecular complexity index is 51.8. The summed E-state index contributed by atoms with van der Waals surface area (Å²) in [4.78, 5) is 0. The lowest BCUT2D eigenvalue weighted by molar-refractivity contribution is 1.52. The van der Waals surface area contributed by atoms with E-state index in [-0.39, 0.29) is 0 Å². The zero-order chi connectivity index (χ0) is 7.33. The molecule has 0 spiro atoms. The molecule has 0 unspecified atom stereocenters. The highest BCUT2D eigenvalue weighted by atomic mass is 28.4. The van der Waals surface area contributed by atoms with Crippen molar-refractivity contribution >= 4 is 49.0 Å². The molecule has 0 nitrogen and oxygen atoms in total. The molecule has 0 saturated carbocycles. The van der Waals surface area contributed by atoms with Gasteiger partial charge in [-0.25, -0.2) is 0 Å². The maximum atomic E-state index is 3.57. The third-order valence-electron chi connectivity index (χ3n) is 1.50. The van der Waals surface area contributed by atoms with E-state index in [0.29, 0.717) is 0 Å². The van der Waals surface area contributed by atoms with Crippen molar-refractivity contribution in [1.29, 1.82) is 0 Å². The van der Waals surface area contributed by atoms with Crippen molar-refractivity contribution in [3.05, 3.63) is 0 Å². The van der Waals surface area contributed by atoms with Crippen molar-refractivity contribution in [2.24, 2.45) is 0 Å². The maximum absolute atomic E-state index is 3.57. The average Bonchev–Trinajstić information content (AvgIpc) is 1.95. The van der Waals surface area contributed by atoms with E-state index in [0.717, 1.165) is 22.7 Å². The lowest BCUT2D eigenvalue weighted by atomic mass is 11.7. The van der Waals surface area contributed by atoms with Crippen LogP contribution in [0, 0.1) is 0 Å². The fraction of sp³-hybridized carbons (Fsp3) is 1.00. The molecule has 44 valence electrons. The van der Waals surface area contributed by atoms with Gasteiger partial charge in [-0.1, -0.05) is 22.7 Å². The van der Waals surface area contributed by atoms with Gasteiger partial charge >= 0.3 is 0 Å². The molecule has 0 N–H and O–H groups in total. The van der Waals surface area contributed by atoms with Gasteiger partial charge < -0.3 is 0 Å². The first-order chi connectivity index (χ1) is 4.24. The van der Waals surface area contributed by atoms with E-state index in [1.165, 1.54) is 0 Å². The lowest BCUT2D eigenvalue weighted by Gasteiger charge is -2.25. The van der Waals surface area contributed by atoms with Crippen LogP contribution >= 0.6 is 0 Å². The highest BCUT2D eigenvalue weighted by molar-refractivity contribution is 6.94. The topological polar surface area (TPSA) is 0 Å². The van der Waals surface area contributed by atoms with E-state index >= 15 is 0 Å². The first-order valence-electron chi connectivity index (χ1n) is 2.83. The van der Waals surface area contributed by atoms with E-state index in [2.05, 4.69) is 41.0 Å². The van der Waals surface area contributed by atoms with Crippen LogP contribution in [0.4, 0.5) is 0 Å². The summed E-state index contributed by atoms with van der Waals surface area (Å²) >= 11 is 0. The van der Waals surface area contributed by atoms with Crippen molar-refractivity contribution in [3.63, 3.8) is 0 Å². The molecule has 0 bridgehead atoms. The van der Waals surface area contributed by atoms with Gasteiger partial charge in [-0.15, -0.1) is 0 Å². The molecule has 0 saturated heterocycles. The van der Waals surface area contributed by atoms with Crippen molar-refractivity contribution in [3.8, 4) is 0 Å². The first kappa shape index (κ1) is 10.1. The highest BCUT2D eigenvalue weighted by Crippen LogP contribution is 2.18. The summed E-state index contributed by atoms with van der Waals surface area (Å²) in [5.41, 5.74) is 4.57. The Morgan fingerprint density at radius 1 is 0.667 bits per heavy atom. The van der Waals surface area contributed by atoms with Gasteiger partial charge in [-0.2, -0.15) is 0 Å². The van der Waals surface area contributed by atoms with Crippen LogP contribution in [0.25, 0.3) is 0 Å². The summed E-state index contributed by atoms with van der Waals surface area (Å²) in [6.07, 6.45) is 0. The van der Waals surface area contributed by atoms with Crippen LogP contribution in [0.15, 0.2) is 0 Å². The smallest absolute Gasteiger partial charge is 0.0405 e. The third-order valence-corrected chi connectivity index (χ3v) is 13.5. The van der Waals surface area contributed by atoms with Gasteiger partial charge in [0.05, 0.1) is 0 Å². The monoisotopic (exact) mass is 196 g/mol. The summed E-state index contributed by atoms with van der Waals surface area (Å²) in [6, 6.07) is 0. The molecule has 0 rings (SSSR count). The van der Waals surface area contributed by atoms with Crippen LogP contribution in [-0.2, 0) is 0 Å². The summed E-state index contributed by atoms with van der Waals surface area (Å²) < 4.78 is 0. The molecular formula is C4H8Si5. The molecule has 0 aromatic rings. The number of hydrogen-bond donors (Lipinski definition) is 0. The quantitative estimate of drug-likeness (QED) is 0.553. The number of rotatable bonds is 4. The Morgan fingerprint density at radius 2 is 0.889 bits per heavy atom. The fourth-order valence-corrected chi connectivity index (χ4v) is 10.1. The molecule has 0 aromatic heterocycles. The average molecular weight is 197 g/mol. The van der Waals surface area contributed by atoms with Crippen LogP contribution < -0.4 is 0 Å². The van der Waals surface area contributed by atoms with E-state index in [1.807, 2.05) is 0 Å². The van der Waals surface area contributed by atoms with Crippen molar-refractivity contribution < 1.29 is 0 Å². The maximum Gasteiger partial charge on any atom is 0.0405 e. The Morgan fingerprint density at radius 3 is 0.889 bits per heavy atom. The Labute approximate surface area is 71.9 Å². The van der Waals surface area contributed by atoms with Gasteiger partial charge in [0.15, 0.2) is 0 Å². The lowest BCUT2D eigenvalue weighted by Crippen LogP contribution is -2.34. The molecule has 0 aliphatic carbocycles. The van der Waals surface area contributed by atoms with Gasteiger partial charge in [0.1, 0.15) is 0 Å². The summed E-state index contributed by atoms with van der Waals surface area (Å²) in [7, 11) is 13.2. The van der Waals surface area contributed by atoms with E-state index in [9.17, 15) is 0 Å². The normalized spacial score (nSPS) is 12.0. The van der Waals surface area contributed by atoms with E-state index in [4.69, 9.17) is 0 Å². The third kappa shape index (κ3) is 2.66. The predicted molar refractivity (Wildman–Crippen MR) is 48.0 cm³/mol. The standard InChI is InChI=1S/C4H8Si5/c5-1-9(2-6,3-7)4-8/h1-4H2. The van der Waals surface area contributed by atoms with Gasteiger partial charge in [-0.3, -0.25) is 0 Å². The van der Waals surface area contributed by atoms with Gasteiger partial charge in [0.2, 0.25) is 0 Å². The Kier molecular flexibility index (Phi) is 5.41. The van der Waals surface area contributed by atoms with Crippen LogP contribution in [0.1, 0.15) is 0 Å². The second-order valence-electron chi connectivity index (χ2n) is 2.21. The molecule has 0 fully saturated rings. The van der Waals surface area contributed by atoms with E-state index in [1.54, 1.807) is 0 Å². The van der Waals surface area contributed by atoms with Gasteiger partial charge in [0.25, 0.3) is 0 Å². The Hall–Kier alpha value is 1.08. The molecule has 0 aliphatic rings. The van der Waals surface area contributed by atoms with Crippen LogP contribution in [-0.4, -0.2) is 49.0 Å². The summed E-state index contributed by atoms with van der Waals surface area (Å²) in [6.45, 7) is 0. The van der Waals surface area contributed by atoms with Crippen LogP contribution in [0.2, 0.25) is 22.7 Å². The molecular weight excluding hydrogens is 188 g/mol. The fourth-order valence-electron chi connectivity index (χ4n) is 0.375. The largest absolute Gasteiger partial charge is 0.0681 e. The van der Waals surface area contributed by atoms with E-state index < -0.39 is 8.07 Å². The molecule has 12 radical (unpaired) electrons. The first-order valence-corrected chi connectivity index (χ1v) is 8.49. The van der Waals surface area contributed by atoms with Gasteiger partial charge in [0, 0.05) is 49.0 Å². The van der Waals surface area contributed by atoms with Gasteiger partial charge in [-0.05, 0) is 0 Å². The van der Waals surface area contributed by atoms with Crippen LogP contribution in [0.3, 0.4) is 0 Å². The van der Waals surface area contributed by atoms with Crippen LogP contribution in [0.5, 0.6) is 0 Å². The minimum Gasteiger partial charge on any atom is -0.0681 e. The summed E-state index contributed by atoms with van der Waals surface area (Å²) in [5.74, 6) is 0. The predicted octanol–water partition coefficient (Wildman–Crippen LogP) is -0.0608. The van der Waals surface area contributed by atoms with Crippen molar-refractivity contribution in [1.82, 2.24) is 0 Å². The molecule has 0 amide bonds. The SMILES string of the molecule is [Si]C[Si](C[Si])(C[Si])C[Si]. The molecule has 5 heteroatoms. The molecule has 0 heterocycles. The molecule has 9 heavy (non-hydrogen) atoms. The molecule has 0 aliphatic heterocycles. The second kappa shape index (κ2) is 4.83. The second-order valence-corrected chi connectivity index (χ2v) is 10.9. The minimum absolute atomic E-state index is 1.04. The zero-order valence-electron chi connectivity index (χ0n) is 5.33. The highest BCUT2D eigenvalue weighted by Gasteiger charge is 2.22. The van der Waals surface area contributed by atoms with Crippen molar-refractivity contribution in [2.45, 2.75) is 22.7 Å². The molecule has 0 aromatic carbocycles.